The van der Waals surface area contributed by atoms with E-state index in [1.54, 1.807) is 0 Å². The van der Waals surface area contributed by atoms with Gasteiger partial charge in [0.1, 0.15) is 5.75 Å². The molecule has 152 valence electrons. The second-order valence-corrected chi connectivity index (χ2v) is 9.27. The van der Waals surface area contributed by atoms with E-state index in [0.717, 1.165) is 39.0 Å². The third-order valence-electron chi connectivity index (χ3n) is 5.97. The Balaban J connectivity index is 1.46. The first-order chi connectivity index (χ1) is 15.2. The Bertz CT molecular complexity index is 1350. The normalized spacial score (nSPS) is 19.5. The fourth-order valence-corrected chi connectivity index (χ4v) is 5.06. The van der Waals surface area contributed by atoms with Crippen molar-refractivity contribution in [1.82, 2.24) is 5.01 Å². The van der Waals surface area contributed by atoms with Gasteiger partial charge in [0.15, 0.2) is 0 Å². The second kappa shape index (κ2) is 7.40. The number of benzene rings is 4. The molecule has 0 saturated heterocycles. The Morgan fingerprint density at radius 1 is 0.903 bits per heavy atom. The Morgan fingerprint density at radius 3 is 2.65 bits per heavy atom. The number of nitrogens with zero attached hydrogens (tertiary/aromatic N) is 2. The summed E-state index contributed by atoms with van der Waals surface area (Å²) in [6.45, 7) is 0. The molecule has 0 N–H and O–H groups in total. The molecular formula is C26H18BrClN2O. The standard InChI is InChI=1S/C26H18BrClN2O/c27-20-10-11-25-22(14-20)24-15-23(18-9-8-16-4-1-2-5-17(16)12-18)29-30(24)26(31-25)19-6-3-7-21(28)13-19/h1-14,24,26H,15H2/t24-,26-/m1/s1. The number of rotatable bonds is 2. The first-order valence-electron chi connectivity index (χ1n) is 10.2. The second-order valence-electron chi connectivity index (χ2n) is 7.92. The topological polar surface area (TPSA) is 24.8 Å². The molecule has 31 heavy (non-hydrogen) atoms. The molecule has 6 rings (SSSR count). The summed E-state index contributed by atoms with van der Waals surface area (Å²) in [7, 11) is 0. The fraction of sp³-hybridized carbons (Fsp3) is 0.115. The third kappa shape index (κ3) is 3.31. The van der Waals surface area contributed by atoms with E-state index in [1.165, 1.54) is 10.8 Å². The van der Waals surface area contributed by atoms with Crippen molar-refractivity contribution in [2.24, 2.45) is 5.10 Å². The highest BCUT2D eigenvalue weighted by Gasteiger charge is 2.41. The predicted octanol–water partition coefficient (Wildman–Crippen LogP) is 7.50. The van der Waals surface area contributed by atoms with Crippen molar-refractivity contribution in [3.8, 4) is 5.75 Å². The smallest absolute Gasteiger partial charge is 0.213 e. The van der Waals surface area contributed by atoms with Gasteiger partial charge in [-0.25, -0.2) is 5.01 Å². The lowest BCUT2D eigenvalue weighted by atomic mass is 9.95. The van der Waals surface area contributed by atoms with E-state index in [1.807, 2.05) is 36.4 Å². The van der Waals surface area contributed by atoms with E-state index < -0.39 is 0 Å². The zero-order valence-corrected chi connectivity index (χ0v) is 18.8. The Morgan fingerprint density at radius 2 is 1.77 bits per heavy atom. The summed E-state index contributed by atoms with van der Waals surface area (Å²) in [5.74, 6) is 0.893. The van der Waals surface area contributed by atoms with Crippen LogP contribution in [0.15, 0.2) is 94.5 Å². The summed E-state index contributed by atoms with van der Waals surface area (Å²) in [5.41, 5.74) is 4.36. The van der Waals surface area contributed by atoms with Gasteiger partial charge in [0.2, 0.25) is 6.23 Å². The number of halogens is 2. The average Bonchev–Trinajstić information content (AvgIpc) is 3.24. The lowest BCUT2D eigenvalue weighted by molar-refractivity contribution is -0.0190. The van der Waals surface area contributed by atoms with Crippen molar-refractivity contribution in [2.45, 2.75) is 18.7 Å². The van der Waals surface area contributed by atoms with Crippen LogP contribution in [0.5, 0.6) is 5.75 Å². The molecule has 0 bridgehead atoms. The molecule has 0 spiro atoms. The van der Waals surface area contributed by atoms with E-state index in [-0.39, 0.29) is 12.3 Å². The van der Waals surface area contributed by atoms with Crippen molar-refractivity contribution in [2.75, 3.05) is 0 Å². The summed E-state index contributed by atoms with van der Waals surface area (Å²) >= 11 is 9.91. The number of fused-ring (bicyclic) bond motifs is 4. The number of hydrogen-bond acceptors (Lipinski definition) is 3. The quantitative estimate of drug-likeness (QED) is 0.291. The minimum atomic E-state index is -0.324. The molecule has 2 heterocycles. The van der Waals surface area contributed by atoms with Gasteiger partial charge in [0, 0.05) is 27.0 Å². The van der Waals surface area contributed by atoms with E-state index in [9.17, 15) is 0 Å². The van der Waals surface area contributed by atoms with Gasteiger partial charge in [0.25, 0.3) is 0 Å². The molecule has 0 aromatic heterocycles. The van der Waals surface area contributed by atoms with Gasteiger partial charge in [-0.05, 0) is 52.7 Å². The van der Waals surface area contributed by atoms with Gasteiger partial charge in [-0.3, -0.25) is 0 Å². The van der Waals surface area contributed by atoms with Gasteiger partial charge >= 0.3 is 0 Å². The van der Waals surface area contributed by atoms with Gasteiger partial charge in [0.05, 0.1) is 11.8 Å². The van der Waals surface area contributed by atoms with Crippen molar-refractivity contribution in [3.63, 3.8) is 0 Å². The maximum absolute atomic E-state index is 6.44. The molecule has 0 aliphatic carbocycles. The molecule has 2 aliphatic rings. The number of hydrazone groups is 1. The molecule has 2 atom stereocenters. The Kier molecular flexibility index (Phi) is 4.51. The molecule has 5 heteroatoms. The average molecular weight is 490 g/mol. The Hall–Kier alpha value is -2.82. The molecule has 0 unspecified atom stereocenters. The third-order valence-corrected chi connectivity index (χ3v) is 6.70. The summed E-state index contributed by atoms with van der Waals surface area (Å²) in [6, 6.07) is 29.1. The fourth-order valence-electron chi connectivity index (χ4n) is 4.48. The van der Waals surface area contributed by atoms with E-state index >= 15 is 0 Å². The van der Waals surface area contributed by atoms with Crippen molar-refractivity contribution >= 4 is 44.0 Å². The van der Waals surface area contributed by atoms with Crippen LogP contribution in [-0.2, 0) is 0 Å². The maximum Gasteiger partial charge on any atom is 0.213 e. The van der Waals surface area contributed by atoms with Crippen LogP contribution in [-0.4, -0.2) is 10.7 Å². The zero-order chi connectivity index (χ0) is 20.9. The first-order valence-corrected chi connectivity index (χ1v) is 11.4. The van der Waals surface area contributed by atoms with E-state index in [2.05, 4.69) is 69.5 Å². The minimum Gasteiger partial charge on any atom is -0.464 e. The van der Waals surface area contributed by atoms with Gasteiger partial charge in [-0.2, -0.15) is 5.10 Å². The summed E-state index contributed by atoms with van der Waals surface area (Å²) in [4.78, 5) is 0. The predicted molar refractivity (Wildman–Crippen MR) is 129 cm³/mol. The van der Waals surface area contributed by atoms with Crippen molar-refractivity contribution in [3.05, 3.63) is 111 Å². The van der Waals surface area contributed by atoms with Crippen LogP contribution >= 0.6 is 27.5 Å². The highest BCUT2D eigenvalue weighted by molar-refractivity contribution is 9.10. The van der Waals surface area contributed by atoms with Crippen LogP contribution in [0.2, 0.25) is 5.02 Å². The van der Waals surface area contributed by atoms with Crippen molar-refractivity contribution in [1.29, 1.82) is 0 Å². The maximum atomic E-state index is 6.44. The van der Waals surface area contributed by atoms with Crippen LogP contribution in [0, 0.1) is 0 Å². The zero-order valence-electron chi connectivity index (χ0n) is 16.5. The highest BCUT2D eigenvalue weighted by atomic mass is 79.9. The lowest BCUT2D eigenvalue weighted by Gasteiger charge is -2.38. The number of ether oxygens (including phenoxy) is 1. The van der Waals surface area contributed by atoms with Crippen LogP contribution < -0.4 is 4.74 Å². The van der Waals surface area contributed by atoms with Gasteiger partial charge < -0.3 is 4.74 Å². The Labute approximate surface area is 194 Å². The highest BCUT2D eigenvalue weighted by Crippen LogP contribution is 2.48. The number of hydrogen-bond donors (Lipinski definition) is 0. The summed E-state index contributed by atoms with van der Waals surface area (Å²) < 4.78 is 7.47. The molecular weight excluding hydrogens is 472 g/mol. The van der Waals surface area contributed by atoms with Crippen LogP contribution in [0.1, 0.15) is 35.4 Å². The lowest BCUT2D eigenvalue weighted by Crippen LogP contribution is -2.33. The molecule has 4 aromatic rings. The van der Waals surface area contributed by atoms with Gasteiger partial charge in [-0.1, -0.05) is 76.1 Å². The molecule has 3 nitrogen and oxygen atoms in total. The molecule has 0 radical (unpaired) electrons. The largest absolute Gasteiger partial charge is 0.464 e. The van der Waals surface area contributed by atoms with E-state index in [0.29, 0.717) is 5.02 Å². The minimum absolute atomic E-state index is 0.103. The van der Waals surface area contributed by atoms with Gasteiger partial charge in [-0.15, -0.1) is 0 Å². The first kappa shape index (κ1) is 18.9. The van der Waals surface area contributed by atoms with E-state index in [4.69, 9.17) is 21.4 Å². The summed E-state index contributed by atoms with van der Waals surface area (Å²) in [5, 5.41) is 10.3. The molecule has 0 saturated carbocycles. The SMILES string of the molecule is Clc1cccc([C@H]2Oc3ccc(Br)cc3[C@H]3CC(c4ccc5ccccc5c4)=NN32)c1. The van der Waals surface area contributed by atoms with Crippen molar-refractivity contribution < 1.29 is 4.74 Å². The molecule has 0 amide bonds. The van der Waals surface area contributed by atoms with Crippen LogP contribution in [0.4, 0.5) is 0 Å². The molecule has 2 aliphatic heterocycles. The van der Waals surface area contributed by atoms with Crippen LogP contribution in [0.25, 0.3) is 10.8 Å². The summed E-state index contributed by atoms with van der Waals surface area (Å²) in [6.07, 6.45) is 0.498. The molecule has 4 aromatic carbocycles. The molecule has 0 fully saturated rings. The monoisotopic (exact) mass is 488 g/mol. The van der Waals surface area contributed by atoms with Crippen LogP contribution in [0.3, 0.4) is 0 Å².